The number of hydrogen-bond acceptors (Lipinski definition) is 4. The number of carbonyl (C=O) groups is 2. The third-order valence-corrected chi connectivity index (χ3v) is 8.28. The van der Waals surface area contributed by atoms with Crippen LogP contribution in [0.2, 0.25) is 10.0 Å². The molecule has 0 heterocycles. The highest BCUT2D eigenvalue weighted by Gasteiger charge is 2.32. The molecule has 3 aromatic rings. The molecule has 0 aliphatic heterocycles. The van der Waals surface area contributed by atoms with E-state index in [-0.39, 0.29) is 29.0 Å². The quantitative estimate of drug-likeness (QED) is 0.332. The van der Waals surface area contributed by atoms with Gasteiger partial charge < -0.3 is 10.2 Å². The summed E-state index contributed by atoms with van der Waals surface area (Å²) in [5.74, 6) is -0.690. The molecule has 0 saturated heterocycles. The first kappa shape index (κ1) is 29.5. The van der Waals surface area contributed by atoms with Gasteiger partial charge in [0.25, 0.3) is 10.0 Å². The van der Waals surface area contributed by atoms with E-state index in [4.69, 9.17) is 23.2 Å². The minimum absolute atomic E-state index is 0.0224. The van der Waals surface area contributed by atoms with Crippen LogP contribution >= 0.6 is 23.2 Å². The molecule has 0 fully saturated rings. The molecule has 38 heavy (non-hydrogen) atoms. The number of amides is 2. The highest BCUT2D eigenvalue weighted by Crippen LogP contribution is 2.26. The van der Waals surface area contributed by atoms with Gasteiger partial charge in [-0.05, 0) is 60.9 Å². The predicted octanol–water partition coefficient (Wildman–Crippen LogP) is 5.38. The summed E-state index contributed by atoms with van der Waals surface area (Å²) in [4.78, 5) is 28.2. The SMILES string of the molecule is CC(C)CNC(=O)[C@H](C)N(Cc1ccccc1Cl)C(=O)CN(c1ccc(Cl)cc1)S(=O)(=O)c1ccccc1. The van der Waals surface area contributed by atoms with E-state index < -0.39 is 28.5 Å². The minimum Gasteiger partial charge on any atom is -0.354 e. The molecule has 3 aromatic carbocycles. The Kier molecular flexibility index (Phi) is 10.2. The van der Waals surface area contributed by atoms with E-state index in [9.17, 15) is 18.0 Å². The zero-order valence-corrected chi connectivity index (χ0v) is 23.8. The molecule has 1 N–H and O–H groups in total. The first-order valence-corrected chi connectivity index (χ1v) is 14.3. The zero-order valence-electron chi connectivity index (χ0n) is 21.5. The van der Waals surface area contributed by atoms with Crippen molar-refractivity contribution in [3.8, 4) is 0 Å². The second kappa shape index (κ2) is 13.1. The van der Waals surface area contributed by atoms with E-state index in [2.05, 4.69) is 5.32 Å². The smallest absolute Gasteiger partial charge is 0.264 e. The van der Waals surface area contributed by atoms with Crippen molar-refractivity contribution >= 4 is 50.7 Å². The van der Waals surface area contributed by atoms with Crippen molar-refractivity contribution in [2.75, 3.05) is 17.4 Å². The van der Waals surface area contributed by atoms with Gasteiger partial charge >= 0.3 is 0 Å². The summed E-state index contributed by atoms with van der Waals surface area (Å²) in [6, 6.07) is 20.2. The summed E-state index contributed by atoms with van der Waals surface area (Å²) < 4.78 is 28.4. The molecule has 0 aromatic heterocycles. The second-order valence-corrected chi connectivity index (χ2v) is 11.9. The molecule has 2 amide bonds. The Morgan fingerprint density at radius 3 is 2.08 bits per heavy atom. The molecule has 0 spiro atoms. The minimum atomic E-state index is -4.13. The number of hydrogen-bond donors (Lipinski definition) is 1. The third kappa shape index (κ3) is 7.49. The van der Waals surface area contributed by atoms with Crippen molar-refractivity contribution in [1.82, 2.24) is 10.2 Å². The standard InChI is InChI=1S/C28H31Cl2N3O4S/c1-20(2)17-31-28(35)21(3)32(18-22-9-7-8-12-26(22)30)27(34)19-33(24-15-13-23(29)14-16-24)38(36,37)25-10-5-4-6-11-25/h4-16,20-21H,17-19H2,1-3H3,(H,31,35)/t21-/m0/s1. The fraction of sp³-hybridized carbons (Fsp3) is 0.286. The summed E-state index contributed by atoms with van der Waals surface area (Å²) in [5, 5.41) is 3.71. The van der Waals surface area contributed by atoms with Gasteiger partial charge in [0.2, 0.25) is 11.8 Å². The largest absolute Gasteiger partial charge is 0.354 e. The van der Waals surface area contributed by atoms with Gasteiger partial charge in [-0.3, -0.25) is 13.9 Å². The number of carbonyl (C=O) groups excluding carboxylic acids is 2. The van der Waals surface area contributed by atoms with Gasteiger partial charge in [0.1, 0.15) is 12.6 Å². The van der Waals surface area contributed by atoms with Crippen molar-refractivity contribution in [2.24, 2.45) is 5.92 Å². The number of rotatable bonds is 11. The van der Waals surface area contributed by atoms with Gasteiger partial charge in [-0.1, -0.05) is 73.4 Å². The van der Waals surface area contributed by atoms with E-state index in [1.54, 1.807) is 61.5 Å². The van der Waals surface area contributed by atoms with Gasteiger partial charge in [-0.15, -0.1) is 0 Å². The van der Waals surface area contributed by atoms with Crippen LogP contribution < -0.4 is 9.62 Å². The highest BCUT2D eigenvalue weighted by molar-refractivity contribution is 7.92. The Morgan fingerprint density at radius 1 is 0.868 bits per heavy atom. The molecule has 10 heteroatoms. The van der Waals surface area contributed by atoms with Gasteiger partial charge in [0.05, 0.1) is 10.6 Å². The molecule has 0 saturated carbocycles. The number of halogens is 2. The Labute approximate surface area is 234 Å². The second-order valence-electron chi connectivity index (χ2n) is 9.23. The lowest BCUT2D eigenvalue weighted by atomic mass is 10.1. The maximum atomic E-state index is 13.8. The first-order chi connectivity index (χ1) is 18.0. The molecule has 0 aliphatic rings. The molecule has 0 aliphatic carbocycles. The maximum absolute atomic E-state index is 13.8. The Morgan fingerprint density at radius 2 is 1.47 bits per heavy atom. The molecule has 1 atom stereocenters. The van der Waals surface area contributed by atoms with E-state index in [0.29, 0.717) is 22.2 Å². The topological polar surface area (TPSA) is 86.8 Å². The van der Waals surface area contributed by atoms with Crippen LogP contribution in [0.1, 0.15) is 26.3 Å². The average Bonchev–Trinajstić information content (AvgIpc) is 2.90. The van der Waals surface area contributed by atoms with E-state index in [1.165, 1.54) is 29.2 Å². The number of sulfonamides is 1. The van der Waals surface area contributed by atoms with Crippen LogP contribution in [0.4, 0.5) is 5.69 Å². The van der Waals surface area contributed by atoms with Crippen molar-refractivity contribution in [2.45, 2.75) is 38.3 Å². The van der Waals surface area contributed by atoms with Gasteiger partial charge in [-0.2, -0.15) is 0 Å². The van der Waals surface area contributed by atoms with E-state index in [1.807, 2.05) is 13.8 Å². The Hall–Kier alpha value is -3.07. The van der Waals surface area contributed by atoms with Crippen LogP contribution in [0.3, 0.4) is 0 Å². The van der Waals surface area contributed by atoms with Crippen molar-refractivity contribution < 1.29 is 18.0 Å². The fourth-order valence-corrected chi connectivity index (χ4v) is 5.46. The Balaban J connectivity index is 2.00. The van der Waals surface area contributed by atoms with Crippen LogP contribution in [-0.4, -0.2) is 44.3 Å². The average molecular weight is 577 g/mol. The van der Waals surface area contributed by atoms with Crippen molar-refractivity contribution in [3.63, 3.8) is 0 Å². The Bertz CT molecular complexity index is 1350. The predicted molar refractivity (Wildman–Crippen MR) is 152 cm³/mol. The summed E-state index contributed by atoms with van der Waals surface area (Å²) in [6.45, 7) is 5.48. The van der Waals surface area contributed by atoms with Crippen LogP contribution in [0.25, 0.3) is 0 Å². The number of nitrogens with zero attached hydrogens (tertiary/aromatic N) is 2. The monoisotopic (exact) mass is 575 g/mol. The third-order valence-electron chi connectivity index (χ3n) is 5.88. The summed E-state index contributed by atoms with van der Waals surface area (Å²) in [7, 11) is -4.13. The van der Waals surface area contributed by atoms with Gasteiger partial charge in [-0.25, -0.2) is 8.42 Å². The van der Waals surface area contributed by atoms with Crippen LogP contribution in [0.5, 0.6) is 0 Å². The van der Waals surface area contributed by atoms with E-state index in [0.717, 1.165) is 4.31 Å². The van der Waals surface area contributed by atoms with Crippen LogP contribution in [0, 0.1) is 5.92 Å². The molecule has 0 unspecified atom stereocenters. The first-order valence-electron chi connectivity index (χ1n) is 12.1. The zero-order chi connectivity index (χ0) is 27.9. The van der Waals surface area contributed by atoms with Gasteiger partial charge in [0.15, 0.2) is 0 Å². The summed E-state index contributed by atoms with van der Waals surface area (Å²) in [5.41, 5.74) is 0.899. The fourth-order valence-electron chi connectivity index (χ4n) is 3.70. The number of anilines is 1. The molecular formula is C28H31Cl2N3O4S. The summed E-state index contributed by atoms with van der Waals surface area (Å²) in [6.07, 6.45) is 0. The normalized spacial score (nSPS) is 12.2. The van der Waals surface area contributed by atoms with Gasteiger partial charge in [0, 0.05) is 23.1 Å². The van der Waals surface area contributed by atoms with Crippen molar-refractivity contribution in [3.05, 3.63) is 94.5 Å². The van der Waals surface area contributed by atoms with Crippen LogP contribution in [-0.2, 0) is 26.2 Å². The molecule has 0 radical (unpaired) electrons. The molecule has 7 nitrogen and oxygen atoms in total. The maximum Gasteiger partial charge on any atom is 0.264 e. The lowest BCUT2D eigenvalue weighted by molar-refractivity contribution is -0.139. The van der Waals surface area contributed by atoms with Crippen molar-refractivity contribution in [1.29, 1.82) is 0 Å². The lowest BCUT2D eigenvalue weighted by Gasteiger charge is -2.32. The molecular weight excluding hydrogens is 545 g/mol. The van der Waals surface area contributed by atoms with E-state index >= 15 is 0 Å². The summed E-state index contributed by atoms with van der Waals surface area (Å²) >= 11 is 12.4. The number of nitrogens with one attached hydrogen (secondary N) is 1. The highest BCUT2D eigenvalue weighted by atomic mass is 35.5. The lowest BCUT2D eigenvalue weighted by Crippen LogP contribution is -2.51. The number of benzene rings is 3. The van der Waals surface area contributed by atoms with Crippen LogP contribution in [0.15, 0.2) is 83.8 Å². The molecule has 202 valence electrons. The molecule has 0 bridgehead atoms. The molecule has 3 rings (SSSR count).